The van der Waals surface area contributed by atoms with E-state index in [1.807, 2.05) is 0 Å². The van der Waals surface area contributed by atoms with Gasteiger partial charge in [-0.05, 0) is 6.92 Å². The summed E-state index contributed by atoms with van der Waals surface area (Å²) >= 11 is 8.85. The summed E-state index contributed by atoms with van der Waals surface area (Å²) in [4.78, 5) is 14.8. The Morgan fingerprint density at radius 1 is 0.950 bits per heavy atom. The van der Waals surface area contributed by atoms with Crippen LogP contribution in [-0.4, -0.2) is 19.9 Å². The van der Waals surface area contributed by atoms with Crippen LogP contribution in [0.1, 0.15) is 41.7 Å². The van der Waals surface area contributed by atoms with E-state index in [4.69, 9.17) is 11.6 Å². The van der Waals surface area contributed by atoms with E-state index in [-0.39, 0.29) is 27.1 Å². The third-order valence-corrected chi connectivity index (χ3v) is 3.51. The molecule has 0 aliphatic rings. The minimum atomic E-state index is -0.770. The first-order valence-electron chi connectivity index (χ1n) is 5.73. The van der Waals surface area contributed by atoms with Crippen molar-refractivity contribution in [2.75, 3.05) is 0 Å². The largest absolute Gasteiger partial charge is 0.238 e. The third kappa shape index (κ3) is 2.78. The molecule has 0 radical (unpaired) electrons. The van der Waals surface area contributed by atoms with E-state index in [1.165, 1.54) is 6.33 Å². The number of nitrogens with zero attached hydrogens (tertiary/aromatic N) is 4. The van der Waals surface area contributed by atoms with Gasteiger partial charge in [0.15, 0.2) is 16.8 Å². The normalized spacial score (nSPS) is 14.1. The van der Waals surface area contributed by atoms with Gasteiger partial charge < -0.3 is 0 Å². The second kappa shape index (κ2) is 6.05. The summed E-state index contributed by atoms with van der Waals surface area (Å²) in [5.74, 6) is -2.06. The summed E-state index contributed by atoms with van der Waals surface area (Å²) in [5.41, 5.74) is 0.271. The Morgan fingerprint density at radius 2 is 1.45 bits per heavy atom. The molecule has 2 atom stereocenters. The number of rotatable bonds is 3. The van der Waals surface area contributed by atoms with Crippen LogP contribution >= 0.6 is 27.5 Å². The fourth-order valence-electron chi connectivity index (χ4n) is 1.77. The van der Waals surface area contributed by atoms with Gasteiger partial charge in [-0.3, -0.25) is 0 Å². The second-order valence-electron chi connectivity index (χ2n) is 4.16. The average Bonchev–Trinajstić information content (AvgIpc) is 2.41. The molecule has 20 heavy (non-hydrogen) atoms. The topological polar surface area (TPSA) is 51.6 Å². The Hall–Kier alpha value is -1.21. The van der Waals surface area contributed by atoms with E-state index in [2.05, 4.69) is 35.9 Å². The molecule has 0 aromatic carbocycles. The zero-order chi connectivity index (χ0) is 14.9. The summed E-state index contributed by atoms with van der Waals surface area (Å²) in [6, 6.07) is 0. The van der Waals surface area contributed by atoms with Gasteiger partial charge in [0, 0.05) is 5.92 Å². The quantitative estimate of drug-likeness (QED) is 0.615. The highest BCUT2D eigenvalue weighted by Crippen LogP contribution is 2.30. The molecule has 0 bridgehead atoms. The number of hydrogen-bond acceptors (Lipinski definition) is 4. The highest BCUT2D eigenvalue weighted by atomic mass is 79.9. The predicted molar refractivity (Wildman–Crippen MR) is 73.8 cm³/mol. The minimum Gasteiger partial charge on any atom is -0.238 e. The van der Waals surface area contributed by atoms with E-state index in [1.54, 1.807) is 13.8 Å². The van der Waals surface area contributed by atoms with Crippen molar-refractivity contribution in [3.05, 3.63) is 46.5 Å². The lowest BCUT2D eigenvalue weighted by Gasteiger charge is -2.14. The van der Waals surface area contributed by atoms with Crippen LogP contribution in [0.25, 0.3) is 0 Å². The Balaban J connectivity index is 2.51. The molecular weight excluding hydrogens is 354 g/mol. The third-order valence-electron chi connectivity index (χ3n) is 2.81. The van der Waals surface area contributed by atoms with Crippen LogP contribution in [0, 0.1) is 11.6 Å². The molecule has 2 aromatic rings. The van der Waals surface area contributed by atoms with Crippen molar-refractivity contribution in [1.29, 1.82) is 0 Å². The summed E-state index contributed by atoms with van der Waals surface area (Å²) in [6.45, 7) is 3.33. The molecule has 2 rings (SSSR count). The van der Waals surface area contributed by atoms with Crippen molar-refractivity contribution >= 4 is 27.5 Å². The molecule has 0 aliphatic heterocycles. The second-order valence-corrected chi connectivity index (χ2v) is 5.89. The first kappa shape index (κ1) is 15.2. The number of aromatic nitrogens is 4. The maximum atomic E-state index is 14.3. The van der Waals surface area contributed by atoms with Crippen molar-refractivity contribution in [3.8, 4) is 0 Å². The number of alkyl halides is 1. The standard InChI is InChI=1S/C12H10BrClF2N4/c1-5(10-8(16)12(14)20-4-18-10)9-7(15)11(6(2)13)19-3-17-9/h3-6H,1-2H3. The fourth-order valence-corrected chi connectivity index (χ4v) is 2.23. The fraction of sp³-hybridized carbons (Fsp3) is 0.333. The minimum absolute atomic E-state index is 0.00391. The molecule has 0 fully saturated rings. The molecule has 0 saturated carbocycles. The summed E-state index contributed by atoms with van der Waals surface area (Å²) < 4.78 is 28.2. The molecular formula is C12H10BrClF2N4. The Morgan fingerprint density at radius 3 is 2.05 bits per heavy atom. The van der Waals surface area contributed by atoms with Crippen molar-refractivity contribution in [3.63, 3.8) is 0 Å². The van der Waals surface area contributed by atoms with Crippen molar-refractivity contribution in [2.45, 2.75) is 24.6 Å². The molecule has 2 heterocycles. The number of hydrogen-bond donors (Lipinski definition) is 0. The lowest BCUT2D eigenvalue weighted by molar-refractivity contribution is 0.542. The highest BCUT2D eigenvalue weighted by Gasteiger charge is 2.24. The Kier molecular flexibility index (Phi) is 4.59. The molecule has 2 unspecified atom stereocenters. The van der Waals surface area contributed by atoms with Crippen molar-refractivity contribution < 1.29 is 8.78 Å². The SMILES string of the molecule is CC(Br)c1ncnc(C(C)c2ncnc(Cl)c2F)c1F. The zero-order valence-corrected chi connectivity index (χ0v) is 13.0. The van der Waals surface area contributed by atoms with Gasteiger partial charge in [0.25, 0.3) is 0 Å². The monoisotopic (exact) mass is 362 g/mol. The van der Waals surface area contributed by atoms with Gasteiger partial charge in [-0.25, -0.2) is 28.7 Å². The van der Waals surface area contributed by atoms with Gasteiger partial charge in [0.05, 0.1) is 21.9 Å². The molecule has 0 N–H and O–H groups in total. The summed E-state index contributed by atoms with van der Waals surface area (Å²) in [5, 5.41) is -0.301. The maximum Gasteiger partial charge on any atom is 0.182 e. The van der Waals surface area contributed by atoms with Gasteiger partial charge in [-0.1, -0.05) is 34.5 Å². The van der Waals surface area contributed by atoms with Crippen LogP contribution in [0.15, 0.2) is 12.7 Å². The molecule has 0 spiro atoms. The molecule has 0 amide bonds. The van der Waals surface area contributed by atoms with E-state index < -0.39 is 17.6 Å². The predicted octanol–water partition coefficient (Wildman–Crippen LogP) is 3.81. The molecule has 2 aromatic heterocycles. The maximum absolute atomic E-state index is 14.3. The first-order chi connectivity index (χ1) is 9.43. The van der Waals surface area contributed by atoms with E-state index >= 15 is 0 Å². The van der Waals surface area contributed by atoms with Gasteiger partial charge in [0.2, 0.25) is 0 Å². The van der Waals surface area contributed by atoms with Crippen LogP contribution in [0.2, 0.25) is 5.15 Å². The Labute approximate surface area is 127 Å². The summed E-state index contributed by atoms with van der Waals surface area (Å²) in [7, 11) is 0. The molecule has 4 nitrogen and oxygen atoms in total. The number of halogens is 4. The summed E-state index contributed by atoms with van der Waals surface area (Å²) in [6.07, 6.45) is 2.37. The van der Waals surface area contributed by atoms with E-state index in [9.17, 15) is 8.78 Å². The van der Waals surface area contributed by atoms with Crippen LogP contribution in [0.5, 0.6) is 0 Å². The molecule has 0 saturated heterocycles. The first-order valence-corrected chi connectivity index (χ1v) is 7.03. The van der Waals surface area contributed by atoms with Gasteiger partial charge >= 0.3 is 0 Å². The van der Waals surface area contributed by atoms with Gasteiger partial charge in [0.1, 0.15) is 12.7 Å². The van der Waals surface area contributed by atoms with Crippen molar-refractivity contribution in [2.24, 2.45) is 0 Å². The van der Waals surface area contributed by atoms with Crippen LogP contribution in [-0.2, 0) is 0 Å². The van der Waals surface area contributed by atoms with E-state index in [0.717, 1.165) is 6.33 Å². The van der Waals surface area contributed by atoms with Crippen molar-refractivity contribution in [1.82, 2.24) is 19.9 Å². The molecule has 8 heteroatoms. The highest BCUT2D eigenvalue weighted by molar-refractivity contribution is 9.09. The van der Waals surface area contributed by atoms with E-state index in [0.29, 0.717) is 0 Å². The molecule has 106 valence electrons. The zero-order valence-electron chi connectivity index (χ0n) is 10.6. The average molecular weight is 364 g/mol. The smallest absolute Gasteiger partial charge is 0.182 e. The van der Waals surface area contributed by atoms with Crippen LogP contribution in [0.4, 0.5) is 8.78 Å². The Bertz CT molecular complexity index is 639. The lowest BCUT2D eigenvalue weighted by atomic mass is 10.0. The van der Waals surface area contributed by atoms with Gasteiger partial charge in [-0.2, -0.15) is 0 Å². The van der Waals surface area contributed by atoms with Crippen LogP contribution < -0.4 is 0 Å². The molecule has 0 aliphatic carbocycles. The lowest BCUT2D eigenvalue weighted by Crippen LogP contribution is -2.11. The van der Waals surface area contributed by atoms with Crippen LogP contribution in [0.3, 0.4) is 0 Å². The van der Waals surface area contributed by atoms with Gasteiger partial charge in [-0.15, -0.1) is 0 Å².